The molecule has 1 fully saturated rings. The third-order valence-corrected chi connectivity index (χ3v) is 5.19. The van der Waals surface area contributed by atoms with Crippen molar-refractivity contribution in [3.63, 3.8) is 0 Å². The van der Waals surface area contributed by atoms with Crippen LogP contribution in [0.1, 0.15) is 29.4 Å². The smallest absolute Gasteiger partial charge is 0.297 e. The maximum atomic E-state index is 13.3. The van der Waals surface area contributed by atoms with E-state index in [9.17, 15) is 8.78 Å². The molecule has 1 N–H and O–H groups in total. The number of rotatable bonds is 6. The number of morpholine rings is 1. The normalized spacial score (nSPS) is 16.3. The predicted molar refractivity (Wildman–Crippen MR) is 109 cm³/mol. The van der Waals surface area contributed by atoms with Gasteiger partial charge in [-0.2, -0.15) is 0 Å². The molecule has 7 heteroatoms. The van der Waals surface area contributed by atoms with Crippen molar-refractivity contribution in [1.29, 1.82) is 0 Å². The number of halogens is 2. The molecule has 0 saturated carbocycles. The number of hydrogen-bond donors (Lipinski definition) is 1. The molecule has 1 aromatic heterocycles. The maximum Gasteiger partial charge on any atom is 0.297 e. The molecule has 1 atom stereocenters. The highest BCUT2D eigenvalue weighted by atomic mass is 19.3. The number of aromatic nitrogens is 2. The fourth-order valence-electron chi connectivity index (χ4n) is 3.74. The Labute approximate surface area is 168 Å². The summed E-state index contributed by atoms with van der Waals surface area (Å²) in [6, 6.07) is 15.7. The Hall–Kier alpha value is -2.64. The average molecular weight is 398 g/mol. The van der Waals surface area contributed by atoms with Crippen LogP contribution in [0.2, 0.25) is 0 Å². The lowest BCUT2D eigenvalue weighted by Crippen LogP contribution is -2.41. The van der Waals surface area contributed by atoms with Gasteiger partial charge in [0.05, 0.1) is 24.8 Å². The second-order valence-electron chi connectivity index (χ2n) is 7.21. The molecule has 2 aromatic carbocycles. The minimum Gasteiger partial charge on any atom is -0.379 e. The molecule has 152 valence electrons. The van der Waals surface area contributed by atoms with Crippen LogP contribution >= 0.6 is 0 Å². The van der Waals surface area contributed by atoms with Crippen molar-refractivity contribution in [2.45, 2.75) is 19.4 Å². The summed E-state index contributed by atoms with van der Waals surface area (Å²) >= 11 is 0. The second kappa shape index (κ2) is 8.80. The number of aryl methyl sites for hydroxylation is 1. The summed E-state index contributed by atoms with van der Waals surface area (Å²) in [4.78, 5) is 10.5. The Bertz CT molecular complexity index is 976. The first kappa shape index (κ1) is 19.7. The Kier molecular flexibility index (Phi) is 5.97. The molecule has 0 bridgehead atoms. The topological polar surface area (TPSA) is 50.3 Å². The van der Waals surface area contributed by atoms with Gasteiger partial charge in [-0.05, 0) is 24.6 Å². The highest BCUT2D eigenvalue weighted by Crippen LogP contribution is 2.27. The molecule has 0 radical (unpaired) electrons. The van der Waals surface area contributed by atoms with Crippen LogP contribution in [0.5, 0.6) is 0 Å². The Morgan fingerprint density at radius 1 is 1.07 bits per heavy atom. The molecule has 1 unspecified atom stereocenters. The largest absolute Gasteiger partial charge is 0.379 e. The third kappa shape index (κ3) is 4.52. The van der Waals surface area contributed by atoms with Gasteiger partial charge in [0.25, 0.3) is 6.43 Å². The first-order chi connectivity index (χ1) is 14.1. The number of ether oxygens (including phenoxy) is 1. The monoisotopic (exact) mass is 398 g/mol. The Morgan fingerprint density at radius 3 is 2.62 bits per heavy atom. The van der Waals surface area contributed by atoms with Gasteiger partial charge in [0.1, 0.15) is 5.82 Å². The fourth-order valence-corrected chi connectivity index (χ4v) is 3.74. The van der Waals surface area contributed by atoms with Crippen molar-refractivity contribution >= 4 is 16.7 Å². The van der Waals surface area contributed by atoms with Crippen molar-refractivity contribution in [2.75, 3.05) is 38.2 Å². The molecule has 5 nitrogen and oxygen atoms in total. The summed E-state index contributed by atoms with van der Waals surface area (Å²) in [7, 11) is 0. The van der Waals surface area contributed by atoms with E-state index in [4.69, 9.17) is 4.74 Å². The van der Waals surface area contributed by atoms with Crippen LogP contribution in [-0.4, -0.2) is 47.7 Å². The zero-order valence-corrected chi connectivity index (χ0v) is 16.3. The summed E-state index contributed by atoms with van der Waals surface area (Å²) in [6.45, 7) is 5.65. The summed E-state index contributed by atoms with van der Waals surface area (Å²) in [5, 5.41) is 4.07. The van der Waals surface area contributed by atoms with Gasteiger partial charge in [0.15, 0.2) is 5.82 Å². The molecule has 2 heterocycles. The van der Waals surface area contributed by atoms with E-state index in [0.29, 0.717) is 31.1 Å². The summed E-state index contributed by atoms with van der Waals surface area (Å²) < 4.78 is 32.1. The number of anilines is 1. The SMILES string of the molecule is Cc1cccc(C(CNc2nc(C(F)F)nc3ccccc23)N2CCOCC2)c1. The lowest BCUT2D eigenvalue weighted by molar-refractivity contribution is 0.0187. The number of alkyl halides is 2. The van der Waals surface area contributed by atoms with E-state index in [2.05, 4.69) is 45.3 Å². The van der Waals surface area contributed by atoms with Crippen LogP contribution < -0.4 is 5.32 Å². The molecule has 1 aliphatic rings. The van der Waals surface area contributed by atoms with Gasteiger partial charge in [-0.3, -0.25) is 4.90 Å². The van der Waals surface area contributed by atoms with Gasteiger partial charge in [-0.1, -0.05) is 42.0 Å². The molecule has 0 aliphatic carbocycles. The lowest BCUT2D eigenvalue weighted by Gasteiger charge is -2.35. The van der Waals surface area contributed by atoms with E-state index in [1.165, 1.54) is 11.1 Å². The van der Waals surface area contributed by atoms with Crippen molar-refractivity contribution in [3.8, 4) is 0 Å². The van der Waals surface area contributed by atoms with Crippen molar-refractivity contribution in [2.24, 2.45) is 0 Å². The molecular formula is C22H24F2N4O. The standard InChI is InChI=1S/C22H24F2N4O/c1-15-5-4-6-16(13-15)19(28-9-11-29-12-10-28)14-25-21-17-7-2-3-8-18(17)26-22(27-21)20(23)24/h2-8,13,19-20H,9-12,14H2,1H3,(H,25,26,27). The molecule has 3 aromatic rings. The molecule has 0 amide bonds. The summed E-state index contributed by atoms with van der Waals surface area (Å²) in [5.74, 6) is -0.0125. The van der Waals surface area contributed by atoms with E-state index < -0.39 is 12.2 Å². The predicted octanol–water partition coefficient (Wildman–Crippen LogP) is 4.36. The van der Waals surface area contributed by atoms with E-state index in [1.807, 2.05) is 18.2 Å². The van der Waals surface area contributed by atoms with Crippen LogP contribution in [-0.2, 0) is 4.74 Å². The average Bonchev–Trinajstić information content (AvgIpc) is 2.74. The number of nitrogens with zero attached hydrogens (tertiary/aromatic N) is 3. The van der Waals surface area contributed by atoms with E-state index in [-0.39, 0.29) is 6.04 Å². The van der Waals surface area contributed by atoms with E-state index >= 15 is 0 Å². The molecule has 1 saturated heterocycles. The minimum absolute atomic E-state index is 0.0857. The lowest BCUT2D eigenvalue weighted by atomic mass is 10.0. The van der Waals surface area contributed by atoms with Crippen LogP contribution in [0.4, 0.5) is 14.6 Å². The van der Waals surface area contributed by atoms with Crippen LogP contribution in [0.15, 0.2) is 48.5 Å². The second-order valence-corrected chi connectivity index (χ2v) is 7.21. The number of hydrogen-bond acceptors (Lipinski definition) is 5. The van der Waals surface area contributed by atoms with Gasteiger partial charge in [0.2, 0.25) is 0 Å². The summed E-state index contributed by atoms with van der Waals surface area (Å²) in [5.41, 5.74) is 2.89. The number of para-hydroxylation sites is 1. The number of benzene rings is 2. The summed E-state index contributed by atoms with van der Waals surface area (Å²) in [6.07, 6.45) is -2.72. The van der Waals surface area contributed by atoms with E-state index in [0.717, 1.165) is 18.5 Å². The highest BCUT2D eigenvalue weighted by molar-refractivity contribution is 5.89. The molecule has 29 heavy (non-hydrogen) atoms. The zero-order valence-electron chi connectivity index (χ0n) is 16.3. The van der Waals surface area contributed by atoms with Crippen molar-refractivity contribution in [3.05, 3.63) is 65.5 Å². The molecule has 0 spiro atoms. The van der Waals surface area contributed by atoms with E-state index in [1.54, 1.807) is 12.1 Å². The number of fused-ring (bicyclic) bond motifs is 1. The molecule has 4 rings (SSSR count). The van der Waals surface area contributed by atoms with Crippen LogP contribution in [0, 0.1) is 6.92 Å². The molecular weight excluding hydrogens is 374 g/mol. The Balaban J connectivity index is 1.65. The molecule has 1 aliphatic heterocycles. The van der Waals surface area contributed by atoms with Crippen LogP contribution in [0.3, 0.4) is 0 Å². The minimum atomic E-state index is -2.72. The Morgan fingerprint density at radius 2 is 1.86 bits per heavy atom. The highest BCUT2D eigenvalue weighted by Gasteiger charge is 2.23. The fraction of sp³-hybridized carbons (Fsp3) is 0.364. The van der Waals surface area contributed by atoms with Crippen LogP contribution in [0.25, 0.3) is 10.9 Å². The quantitative estimate of drug-likeness (QED) is 0.669. The maximum absolute atomic E-state index is 13.3. The first-order valence-electron chi connectivity index (χ1n) is 9.79. The van der Waals surface area contributed by atoms with Gasteiger partial charge in [0, 0.05) is 25.0 Å². The number of nitrogens with one attached hydrogen (secondary N) is 1. The van der Waals surface area contributed by atoms with Gasteiger partial charge >= 0.3 is 0 Å². The van der Waals surface area contributed by atoms with Gasteiger partial charge in [-0.15, -0.1) is 0 Å². The third-order valence-electron chi connectivity index (χ3n) is 5.19. The van der Waals surface area contributed by atoms with Gasteiger partial charge in [-0.25, -0.2) is 18.7 Å². The van der Waals surface area contributed by atoms with Crippen molar-refractivity contribution < 1.29 is 13.5 Å². The zero-order chi connectivity index (χ0) is 20.2. The van der Waals surface area contributed by atoms with Crippen molar-refractivity contribution in [1.82, 2.24) is 14.9 Å². The van der Waals surface area contributed by atoms with Gasteiger partial charge < -0.3 is 10.1 Å². The first-order valence-corrected chi connectivity index (χ1v) is 9.79.